The Labute approximate surface area is 172 Å². The average Bonchev–Trinajstić information content (AvgIpc) is 3.11. The van der Waals surface area contributed by atoms with E-state index in [2.05, 4.69) is 10.6 Å². The maximum atomic E-state index is 12.4. The van der Waals surface area contributed by atoms with Crippen LogP contribution in [0.15, 0.2) is 52.9 Å². The molecule has 1 heterocycles. The normalized spacial score (nSPS) is 10.5. The van der Waals surface area contributed by atoms with Crippen molar-refractivity contribution >= 4 is 52.1 Å². The van der Waals surface area contributed by atoms with Crippen LogP contribution in [-0.2, 0) is 0 Å². The van der Waals surface area contributed by atoms with E-state index >= 15 is 0 Å². The Kier molecular flexibility index (Phi) is 5.85. The van der Waals surface area contributed by atoms with E-state index in [1.807, 2.05) is 32.0 Å². The second-order valence-corrected chi connectivity index (χ2v) is 7.25. The monoisotopic (exact) mass is 418 g/mol. The first kappa shape index (κ1) is 19.4. The highest BCUT2D eigenvalue weighted by atomic mass is 35.5. The van der Waals surface area contributed by atoms with Gasteiger partial charge in [-0.05, 0) is 73.6 Å². The van der Waals surface area contributed by atoms with Gasteiger partial charge >= 0.3 is 0 Å². The molecule has 3 rings (SSSR count). The molecule has 0 atom stereocenters. The smallest absolute Gasteiger partial charge is 0.293 e. The zero-order valence-electron chi connectivity index (χ0n) is 14.6. The molecule has 0 aliphatic rings. The van der Waals surface area contributed by atoms with Gasteiger partial charge in [0.1, 0.15) is 5.76 Å². The van der Waals surface area contributed by atoms with Crippen LogP contribution in [0.5, 0.6) is 0 Å². The van der Waals surface area contributed by atoms with Crippen LogP contribution < -0.4 is 10.6 Å². The highest BCUT2D eigenvalue weighted by Gasteiger charge is 2.14. The molecule has 0 unspecified atom stereocenters. The van der Waals surface area contributed by atoms with Crippen LogP contribution in [0.2, 0.25) is 10.0 Å². The lowest BCUT2D eigenvalue weighted by atomic mass is 10.1. The summed E-state index contributed by atoms with van der Waals surface area (Å²) in [6.45, 7) is 4.07. The van der Waals surface area contributed by atoms with Crippen LogP contribution in [0.1, 0.15) is 21.7 Å². The molecule has 2 aromatic carbocycles. The Bertz CT molecular complexity index is 1030. The number of hydrogen-bond acceptors (Lipinski definition) is 3. The van der Waals surface area contributed by atoms with Crippen molar-refractivity contribution in [3.05, 3.63) is 75.5 Å². The zero-order valence-corrected chi connectivity index (χ0v) is 16.9. The third-order valence-corrected chi connectivity index (χ3v) is 4.79. The van der Waals surface area contributed by atoms with E-state index in [0.717, 1.165) is 11.1 Å². The van der Waals surface area contributed by atoms with Gasteiger partial charge in [0.15, 0.2) is 10.9 Å². The fraction of sp³-hybridized carbons (Fsp3) is 0.100. The number of nitrogens with one attached hydrogen (secondary N) is 2. The second kappa shape index (κ2) is 8.13. The number of carbonyl (C=O) groups is 1. The van der Waals surface area contributed by atoms with Gasteiger partial charge in [-0.1, -0.05) is 35.3 Å². The standard InChI is InChI=1S/C20H16Cl2N2O2S/c1-11-3-4-13(9-12(11)2)17-7-8-18(26-17)19(25)24-20(27)23-16-10-14(21)5-6-15(16)22/h3-10H,1-2H3,(H2,23,24,25,27). The minimum absolute atomic E-state index is 0.0910. The molecule has 4 nitrogen and oxygen atoms in total. The number of rotatable bonds is 3. The average molecular weight is 419 g/mol. The quantitative estimate of drug-likeness (QED) is 0.512. The molecule has 1 amide bonds. The summed E-state index contributed by atoms with van der Waals surface area (Å²) in [6, 6.07) is 14.3. The molecule has 138 valence electrons. The summed E-state index contributed by atoms with van der Waals surface area (Å²) in [5.74, 6) is 0.310. The molecule has 1 aromatic heterocycles. The fourth-order valence-electron chi connectivity index (χ4n) is 2.42. The molecule has 0 saturated carbocycles. The summed E-state index contributed by atoms with van der Waals surface area (Å²) in [4.78, 5) is 12.4. The summed E-state index contributed by atoms with van der Waals surface area (Å²) in [5.41, 5.74) is 3.76. The summed E-state index contributed by atoms with van der Waals surface area (Å²) >= 11 is 17.2. The second-order valence-electron chi connectivity index (χ2n) is 6.00. The number of hydrogen-bond donors (Lipinski definition) is 2. The highest BCUT2D eigenvalue weighted by Crippen LogP contribution is 2.26. The topological polar surface area (TPSA) is 54.3 Å². The SMILES string of the molecule is Cc1ccc(-c2ccc(C(=O)NC(=S)Nc3cc(Cl)ccc3Cl)o2)cc1C. The Morgan fingerprint density at radius 3 is 2.52 bits per heavy atom. The Balaban J connectivity index is 1.69. The number of anilines is 1. The van der Waals surface area contributed by atoms with Crippen LogP contribution in [0.4, 0.5) is 5.69 Å². The molecular formula is C20H16Cl2N2O2S. The number of halogens is 2. The first-order valence-corrected chi connectivity index (χ1v) is 9.25. The Hall–Kier alpha value is -2.34. The first-order chi connectivity index (χ1) is 12.8. The number of carbonyl (C=O) groups excluding carboxylic acids is 1. The number of amides is 1. The van der Waals surface area contributed by atoms with Crippen molar-refractivity contribution in [3.63, 3.8) is 0 Å². The van der Waals surface area contributed by atoms with Crippen LogP contribution in [0.3, 0.4) is 0 Å². The molecule has 0 saturated heterocycles. The van der Waals surface area contributed by atoms with E-state index in [4.69, 9.17) is 39.8 Å². The maximum Gasteiger partial charge on any atom is 0.293 e. The fourth-order valence-corrected chi connectivity index (χ4v) is 2.96. The van der Waals surface area contributed by atoms with Gasteiger partial charge in [-0.3, -0.25) is 10.1 Å². The number of benzene rings is 2. The van der Waals surface area contributed by atoms with Crippen LogP contribution >= 0.6 is 35.4 Å². The lowest BCUT2D eigenvalue weighted by Crippen LogP contribution is -2.33. The molecule has 7 heteroatoms. The van der Waals surface area contributed by atoms with Gasteiger partial charge in [-0.2, -0.15) is 0 Å². The minimum Gasteiger partial charge on any atom is -0.451 e. The predicted octanol–water partition coefficient (Wildman–Crippen LogP) is 6.00. The van der Waals surface area contributed by atoms with E-state index in [9.17, 15) is 4.79 Å². The van der Waals surface area contributed by atoms with Gasteiger partial charge in [-0.25, -0.2) is 0 Å². The molecule has 0 bridgehead atoms. The van der Waals surface area contributed by atoms with Crippen molar-refractivity contribution in [2.45, 2.75) is 13.8 Å². The van der Waals surface area contributed by atoms with Crippen molar-refractivity contribution in [3.8, 4) is 11.3 Å². The molecule has 27 heavy (non-hydrogen) atoms. The Morgan fingerprint density at radius 1 is 1.00 bits per heavy atom. The van der Waals surface area contributed by atoms with E-state index in [0.29, 0.717) is 21.5 Å². The van der Waals surface area contributed by atoms with Gasteiger partial charge in [0.2, 0.25) is 0 Å². The highest BCUT2D eigenvalue weighted by molar-refractivity contribution is 7.80. The van der Waals surface area contributed by atoms with E-state index in [-0.39, 0.29) is 10.9 Å². The predicted molar refractivity (Wildman–Crippen MR) is 114 cm³/mol. The first-order valence-electron chi connectivity index (χ1n) is 8.08. The molecule has 0 spiro atoms. The van der Waals surface area contributed by atoms with E-state index < -0.39 is 5.91 Å². The molecule has 0 aliphatic heterocycles. The molecule has 3 aromatic rings. The van der Waals surface area contributed by atoms with Gasteiger partial charge in [0, 0.05) is 10.6 Å². The van der Waals surface area contributed by atoms with Crippen LogP contribution in [0.25, 0.3) is 11.3 Å². The minimum atomic E-state index is -0.458. The van der Waals surface area contributed by atoms with Crippen molar-refractivity contribution < 1.29 is 9.21 Å². The van der Waals surface area contributed by atoms with Crippen LogP contribution in [0, 0.1) is 13.8 Å². The van der Waals surface area contributed by atoms with Gasteiger partial charge < -0.3 is 9.73 Å². The van der Waals surface area contributed by atoms with Crippen LogP contribution in [-0.4, -0.2) is 11.0 Å². The summed E-state index contributed by atoms with van der Waals surface area (Å²) < 4.78 is 5.67. The number of aryl methyl sites for hydroxylation is 2. The third-order valence-electron chi connectivity index (χ3n) is 4.02. The van der Waals surface area contributed by atoms with E-state index in [1.54, 1.807) is 30.3 Å². The Morgan fingerprint density at radius 2 is 1.78 bits per heavy atom. The molecule has 0 aliphatic carbocycles. The van der Waals surface area contributed by atoms with Gasteiger partial charge in [-0.15, -0.1) is 0 Å². The van der Waals surface area contributed by atoms with Crippen molar-refractivity contribution in [2.24, 2.45) is 0 Å². The van der Waals surface area contributed by atoms with Gasteiger partial charge in [0.05, 0.1) is 10.7 Å². The van der Waals surface area contributed by atoms with Crippen molar-refractivity contribution in [1.82, 2.24) is 5.32 Å². The molecule has 0 radical (unpaired) electrons. The molecule has 0 fully saturated rings. The third kappa shape index (κ3) is 4.69. The summed E-state index contributed by atoms with van der Waals surface area (Å²) in [5, 5.41) is 6.44. The lowest BCUT2D eigenvalue weighted by Gasteiger charge is -2.10. The summed E-state index contributed by atoms with van der Waals surface area (Å²) in [7, 11) is 0. The van der Waals surface area contributed by atoms with Gasteiger partial charge in [0.25, 0.3) is 5.91 Å². The zero-order chi connectivity index (χ0) is 19.6. The van der Waals surface area contributed by atoms with Crippen molar-refractivity contribution in [1.29, 1.82) is 0 Å². The summed E-state index contributed by atoms with van der Waals surface area (Å²) in [6.07, 6.45) is 0. The lowest BCUT2D eigenvalue weighted by molar-refractivity contribution is 0.0951. The molecule has 2 N–H and O–H groups in total. The number of thiocarbonyl (C=S) groups is 1. The van der Waals surface area contributed by atoms with Crippen molar-refractivity contribution in [2.75, 3.05) is 5.32 Å². The van der Waals surface area contributed by atoms with E-state index in [1.165, 1.54) is 5.56 Å². The maximum absolute atomic E-state index is 12.4. The molecular weight excluding hydrogens is 403 g/mol. The largest absolute Gasteiger partial charge is 0.451 e. The number of furan rings is 1.